The van der Waals surface area contributed by atoms with E-state index >= 15 is 0 Å². The van der Waals surface area contributed by atoms with Gasteiger partial charge in [0.15, 0.2) is 5.65 Å². The molecule has 0 atom stereocenters. The Kier molecular flexibility index (Phi) is 5.32. The molecule has 3 heterocycles. The van der Waals surface area contributed by atoms with Gasteiger partial charge in [-0.15, -0.1) is 0 Å². The number of likely N-dealkylation sites (tertiary alicyclic amines) is 1. The lowest BCUT2D eigenvalue weighted by Gasteiger charge is -2.32. The molecule has 0 amide bonds. The lowest BCUT2D eigenvalue weighted by atomic mass is 9.89. The van der Waals surface area contributed by atoms with Crippen LogP contribution in [0.15, 0.2) is 36.5 Å². The number of imidazole rings is 1. The number of ether oxygens (including phenoxy) is 1. The van der Waals surface area contributed by atoms with Gasteiger partial charge >= 0.3 is 0 Å². The molecule has 1 fully saturated rings. The Morgan fingerprint density at radius 2 is 2.04 bits per heavy atom. The first-order chi connectivity index (χ1) is 13.2. The standard InChI is InChI=1S/C21H25ClN4O/c1-3-27-19-7-6-16(22)13-17(19)15-8-11-26(12-9-15)14-20-24-18-5-4-10-23-21(18)25(20)2/h4-7,10,13,15H,3,8-9,11-12,14H2,1-2H3. The van der Waals surface area contributed by atoms with Crippen LogP contribution in [0.5, 0.6) is 5.75 Å². The highest BCUT2D eigenvalue weighted by atomic mass is 35.5. The molecule has 0 N–H and O–H groups in total. The van der Waals surface area contributed by atoms with Gasteiger partial charge in [-0.05, 0) is 74.7 Å². The second kappa shape index (κ2) is 7.87. The predicted molar refractivity (Wildman–Crippen MR) is 108 cm³/mol. The van der Waals surface area contributed by atoms with Crippen LogP contribution in [0.1, 0.15) is 37.1 Å². The fourth-order valence-corrected chi connectivity index (χ4v) is 4.12. The minimum absolute atomic E-state index is 0.489. The van der Waals surface area contributed by atoms with Gasteiger partial charge in [0.05, 0.1) is 13.2 Å². The Hall–Kier alpha value is -2.11. The molecular weight excluding hydrogens is 360 g/mol. The maximum Gasteiger partial charge on any atom is 0.159 e. The van der Waals surface area contributed by atoms with Gasteiger partial charge in [-0.25, -0.2) is 9.97 Å². The van der Waals surface area contributed by atoms with Gasteiger partial charge in [-0.1, -0.05) is 11.6 Å². The van der Waals surface area contributed by atoms with Gasteiger partial charge < -0.3 is 9.30 Å². The van der Waals surface area contributed by atoms with Crippen LogP contribution in [-0.2, 0) is 13.6 Å². The van der Waals surface area contributed by atoms with Gasteiger partial charge in [-0.3, -0.25) is 4.90 Å². The van der Waals surface area contributed by atoms with Gasteiger partial charge in [-0.2, -0.15) is 0 Å². The number of pyridine rings is 1. The molecule has 6 heteroatoms. The molecule has 0 bridgehead atoms. The van der Waals surface area contributed by atoms with Gasteiger partial charge in [0.1, 0.15) is 17.1 Å². The quantitative estimate of drug-likeness (QED) is 0.653. The van der Waals surface area contributed by atoms with E-state index in [0.717, 1.165) is 60.2 Å². The third-order valence-electron chi connectivity index (χ3n) is 5.38. The highest BCUT2D eigenvalue weighted by Gasteiger charge is 2.24. The monoisotopic (exact) mass is 384 g/mol. The average molecular weight is 385 g/mol. The van der Waals surface area contributed by atoms with Crippen LogP contribution in [0, 0.1) is 0 Å². The predicted octanol–water partition coefficient (Wildman–Crippen LogP) is 4.40. The summed E-state index contributed by atoms with van der Waals surface area (Å²) in [4.78, 5) is 11.7. The third kappa shape index (κ3) is 3.80. The number of benzene rings is 1. The molecule has 0 spiro atoms. The van der Waals surface area contributed by atoms with Crippen LogP contribution >= 0.6 is 11.6 Å². The first kappa shape index (κ1) is 18.3. The van der Waals surface area contributed by atoms with Crippen molar-refractivity contribution < 1.29 is 4.74 Å². The van der Waals surface area contributed by atoms with Crippen LogP contribution in [0.2, 0.25) is 5.02 Å². The number of aryl methyl sites for hydroxylation is 1. The normalized spacial score (nSPS) is 16.1. The zero-order chi connectivity index (χ0) is 18.8. The van der Waals surface area contributed by atoms with Crippen molar-refractivity contribution in [2.24, 2.45) is 7.05 Å². The van der Waals surface area contributed by atoms with Crippen molar-refractivity contribution in [1.29, 1.82) is 0 Å². The second-order valence-corrected chi connectivity index (χ2v) is 7.54. The number of piperidine rings is 1. The molecule has 1 aliphatic heterocycles. The lowest BCUT2D eigenvalue weighted by Crippen LogP contribution is -2.33. The van der Waals surface area contributed by atoms with E-state index in [9.17, 15) is 0 Å². The van der Waals surface area contributed by atoms with Crippen LogP contribution in [0.3, 0.4) is 0 Å². The molecule has 27 heavy (non-hydrogen) atoms. The number of fused-ring (bicyclic) bond motifs is 1. The topological polar surface area (TPSA) is 43.2 Å². The molecule has 0 aliphatic carbocycles. The third-order valence-corrected chi connectivity index (χ3v) is 5.62. The van der Waals surface area contributed by atoms with Crippen molar-refractivity contribution in [2.45, 2.75) is 32.2 Å². The minimum atomic E-state index is 0.489. The molecule has 1 aliphatic rings. The summed E-state index contributed by atoms with van der Waals surface area (Å²) in [5.41, 5.74) is 3.16. The second-order valence-electron chi connectivity index (χ2n) is 7.10. The van der Waals surface area contributed by atoms with E-state index in [4.69, 9.17) is 21.3 Å². The van der Waals surface area contributed by atoms with Crippen molar-refractivity contribution in [1.82, 2.24) is 19.4 Å². The molecule has 2 aromatic heterocycles. The number of nitrogens with zero attached hydrogens (tertiary/aromatic N) is 4. The van der Waals surface area contributed by atoms with E-state index in [1.807, 2.05) is 44.4 Å². The molecule has 5 nitrogen and oxygen atoms in total. The van der Waals surface area contributed by atoms with Gasteiger partial charge in [0.2, 0.25) is 0 Å². The van der Waals surface area contributed by atoms with Crippen molar-refractivity contribution in [3.8, 4) is 5.75 Å². The molecular formula is C21H25ClN4O. The van der Waals surface area contributed by atoms with E-state index in [2.05, 4.69) is 20.5 Å². The molecule has 1 saturated heterocycles. The SMILES string of the molecule is CCOc1ccc(Cl)cc1C1CCN(Cc2nc3cccnc3n2C)CC1. The van der Waals surface area contributed by atoms with Crippen molar-refractivity contribution in [3.63, 3.8) is 0 Å². The maximum atomic E-state index is 6.25. The first-order valence-corrected chi connectivity index (χ1v) is 9.94. The summed E-state index contributed by atoms with van der Waals surface area (Å²) in [5.74, 6) is 2.53. The van der Waals surface area contributed by atoms with E-state index in [1.165, 1.54) is 5.56 Å². The molecule has 0 unspecified atom stereocenters. The Morgan fingerprint density at radius 3 is 2.78 bits per heavy atom. The number of rotatable bonds is 5. The smallest absolute Gasteiger partial charge is 0.159 e. The van der Waals surface area contributed by atoms with Crippen LogP contribution < -0.4 is 4.74 Å². The number of halogens is 1. The van der Waals surface area contributed by atoms with E-state index in [0.29, 0.717) is 12.5 Å². The van der Waals surface area contributed by atoms with Crippen molar-refractivity contribution in [3.05, 3.63) is 52.9 Å². The number of hydrogen-bond acceptors (Lipinski definition) is 4. The molecule has 0 saturated carbocycles. The zero-order valence-corrected chi connectivity index (χ0v) is 16.6. The van der Waals surface area contributed by atoms with Crippen molar-refractivity contribution >= 4 is 22.8 Å². The van der Waals surface area contributed by atoms with Crippen LogP contribution in [-0.4, -0.2) is 39.1 Å². The molecule has 1 aromatic carbocycles. The van der Waals surface area contributed by atoms with E-state index in [1.54, 1.807) is 0 Å². The van der Waals surface area contributed by atoms with Gasteiger partial charge in [0.25, 0.3) is 0 Å². The zero-order valence-electron chi connectivity index (χ0n) is 15.9. The van der Waals surface area contributed by atoms with Crippen molar-refractivity contribution in [2.75, 3.05) is 19.7 Å². The lowest BCUT2D eigenvalue weighted by molar-refractivity contribution is 0.197. The molecule has 0 radical (unpaired) electrons. The van der Waals surface area contributed by atoms with Crippen LogP contribution in [0.4, 0.5) is 0 Å². The number of aromatic nitrogens is 3. The number of hydrogen-bond donors (Lipinski definition) is 0. The van der Waals surface area contributed by atoms with E-state index < -0.39 is 0 Å². The van der Waals surface area contributed by atoms with E-state index in [-0.39, 0.29) is 0 Å². The van der Waals surface area contributed by atoms with Gasteiger partial charge in [0, 0.05) is 18.3 Å². The molecule has 4 rings (SSSR count). The Balaban J connectivity index is 1.45. The maximum absolute atomic E-state index is 6.25. The Morgan fingerprint density at radius 1 is 1.22 bits per heavy atom. The largest absolute Gasteiger partial charge is 0.494 e. The minimum Gasteiger partial charge on any atom is -0.494 e. The summed E-state index contributed by atoms with van der Waals surface area (Å²) >= 11 is 6.25. The summed E-state index contributed by atoms with van der Waals surface area (Å²) < 4.78 is 7.93. The fourth-order valence-electron chi connectivity index (χ4n) is 3.94. The summed E-state index contributed by atoms with van der Waals surface area (Å²) in [6.45, 7) is 5.63. The summed E-state index contributed by atoms with van der Waals surface area (Å²) in [5, 5.41) is 0.781. The first-order valence-electron chi connectivity index (χ1n) is 9.56. The summed E-state index contributed by atoms with van der Waals surface area (Å²) in [7, 11) is 2.05. The Bertz CT molecular complexity index is 931. The highest BCUT2D eigenvalue weighted by molar-refractivity contribution is 6.30. The average Bonchev–Trinajstić information content (AvgIpc) is 3.00. The summed E-state index contributed by atoms with van der Waals surface area (Å²) in [6.07, 6.45) is 4.02. The fraction of sp³-hybridized carbons (Fsp3) is 0.429. The molecule has 142 valence electrons. The Labute approximate surface area is 164 Å². The van der Waals surface area contributed by atoms with Crippen LogP contribution in [0.25, 0.3) is 11.2 Å². The highest BCUT2D eigenvalue weighted by Crippen LogP contribution is 2.36. The molecule has 3 aromatic rings. The summed E-state index contributed by atoms with van der Waals surface area (Å²) in [6, 6.07) is 9.94.